The van der Waals surface area contributed by atoms with Crippen LogP contribution in [0.1, 0.15) is 140 Å². The Labute approximate surface area is 452 Å². The maximum absolute atomic E-state index is 14.7. The second kappa shape index (κ2) is 30.5. The summed E-state index contributed by atoms with van der Waals surface area (Å²) in [6.07, 6.45) is 7.05. The minimum Gasteiger partial charge on any atom is -0.356 e. The van der Waals surface area contributed by atoms with E-state index in [4.69, 9.17) is 0 Å². The van der Waals surface area contributed by atoms with Crippen molar-refractivity contribution >= 4 is 53.2 Å². The van der Waals surface area contributed by atoms with Gasteiger partial charge in [-0.25, -0.2) is 4.99 Å². The molecule has 0 aromatic heterocycles. The summed E-state index contributed by atoms with van der Waals surface area (Å²) < 4.78 is 0. The van der Waals surface area contributed by atoms with Crippen molar-refractivity contribution in [2.45, 2.75) is 189 Å². The Hall–Kier alpha value is -6.27. The molecule has 1 aromatic rings. The number of carbonyl (C=O) groups excluding carboxylic acids is 8. The molecule has 3 aliphatic heterocycles. The van der Waals surface area contributed by atoms with E-state index in [0.717, 1.165) is 16.7 Å². The third-order valence-corrected chi connectivity index (χ3v) is 14.3. The molecule has 3 heterocycles. The van der Waals surface area contributed by atoms with Gasteiger partial charge in [0.15, 0.2) is 5.96 Å². The zero-order chi connectivity index (χ0) is 56.2. The summed E-state index contributed by atoms with van der Waals surface area (Å²) >= 11 is 0. The summed E-state index contributed by atoms with van der Waals surface area (Å²) in [5.41, 5.74) is 2.99. The smallest absolute Gasteiger partial charge is 0.246 e. The lowest BCUT2D eigenvalue weighted by Gasteiger charge is -2.34. The van der Waals surface area contributed by atoms with E-state index in [-0.39, 0.29) is 44.2 Å². The molecule has 3 aliphatic rings. The van der Waals surface area contributed by atoms with Crippen molar-refractivity contribution in [3.63, 3.8) is 0 Å². The zero-order valence-corrected chi connectivity index (χ0v) is 47.5. The molecule has 0 aliphatic carbocycles. The van der Waals surface area contributed by atoms with Crippen molar-refractivity contribution in [3.8, 4) is 0 Å². The minimum atomic E-state index is -1.22. The van der Waals surface area contributed by atoms with Gasteiger partial charge in [0.2, 0.25) is 47.3 Å². The maximum Gasteiger partial charge on any atom is 0.246 e. The highest BCUT2D eigenvalue weighted by Crippen LogP contribution is 2.27. The van der Waals surface area contributed by atoms with Crippen molar-refractivity contribution in [1.29, 1.82) is 0 Å². The molecule has 76 heavy (non-hydrogen) atoms. The Bertz CT molecular complexity index is 2240. The van der Waals surface area contributed by atoms with Gasteiger partial charge >= 0.3 is 0 Å². The van der Waals surface area contributed by atoms with Gasteiger partial charge in [-0.15, -0.1) is 0 Å². The molecule has 8 N–H and O–H groups in total. The number of hydrogen-bond acceptors (Lipinski definition) is 9. The number of nitrogens with zero attached hydrogens (tertiary/aromatic N) is 3. The van der Waals surface area contributed by atoms with Crippen molar-refractivity contribution in [1.82, 2.24) is 52.3 Å². The van der Waals surface area contributed by atoms with Gasteiger partial charge in [0.1, 0.15) is 48.3 Å². The third kappa shape index (κ3) is 18.8. The van der Waals surface area contributed by atoms with Crippen LogP contribution in [-0.4, -0.2) is 144 Å². The monoisotopic (exact) mass is 1060 g/mol. The van der Waals surface area contributed by atoms with Crippen LogP contribution in [0.4, 0.5) is 0 Å². The topological polar surface area (TPSA) is 252 Å². The molecule has 19 nitrogen and oxygen atoms in total. The molecule has 422 valence electrons. The number of rotatable bonds is 16. The number of nitrogens with one attached hydrogen (secondary N) is 8. The molecule has 0 spiro atoms. The molecule has 3 saturated heterocycles. The molecule has 0 unspecified atom stereocenters. The number of hydrogen-bond donors (Lipinski definition) is 8. The first-order valence-corrected chi connectivity index (χ1v) is 27.8. The first-order valence-electron chi connectivity index (χ1n) is 27.8. The van der Waals surface area contributed by atoms with Crippen LogP contribution < -0.4 is 42.5 Å². The largest absolute Gasteiger partial charge is 0.356 e. The molecule has 8 amide bonds. The zero-order valence-electron chi connectivity index (χ0n) is 47.5. The van der Waals surface area contributed by atoms with Crippen LogP contribution in [0.25, 0.3) is 0 Å². The Balaban J connectivity index is 1.79. The first kappa shape index (κ1) is 62.3. The lowest BCUT2D eigenvalue weighted by Crippen LogP contribution is -2.63. The normalized spacial score (nSPS) is 25.3. The van der Waals surface area contributed by atoms with E-state index in [2.05, 4.69) is 47.5 Å². The van der Waals surface area contributed by atoms with Crippen LogP contribution >= 0.6 is 0 Å². The fourth-order valence-corrected chi connectivity index (χ4v) is 9.67. The SMILES string of the molecule is CC[C@H](C)[C@@H]1NC(=O)[C@H](Cc2ccccc2)NC(=O)[C@H](C(C)C)NC(=O)[C@H](CCCNC(=NCC=C(C)C)NCC=C(C)C)NC(=O)[C@@H]2CCCN2C(=O)[C@@H]2CCCN2C(=O)[C@H](CC(C)C)NC(=O)[C@H](C(C)C)NC1=O. The molecule has 3 fully saturated rings. The molecule has 19 heteroatoms. The van der Waals surface area contributed by atoms with Gasteiger partial charge in [-0.3, -0.25) is 38.4 Å². The molecule has 9 atom stereocenters. The van der Waals surface area contributed by atoms with E-state index in [1.807, 2.05) is 91.0 Å². The van der Waals surface area contributed by atoms with Crippen LogP contribution in [0.3, 0.4) is 0 Å². The Morgan fingerprint density at radius 1 is 0.618 bits per heavy atom. The Kier molecular flexibility index (Phi) is 25.0. The molecule has 0 saturated carbocycles. The average Bonchev–Trinajstić information content (AvgIpc) is 4.07. The highest BCUT2D eigenvalue weighted by Gasteiger charge is 2.45. The number of allylic oxidation sites excluding steroid dienone is 2. The summed E-state index contributed by atoms with van der Waals surface area (Å²) in [6.45, 7) is 24.5. The Morgan fingerprint density at radius 3 is 1.72 bits per heavy atom. The predicted octanol–water partition coefficient (Wildman–Crippen LogP) is 3.79. The lowest BCUT2D eigenvalue weighted by atomic mass is 9.95. The van der Waals surface area contributed by atoms with Gasteiger partial charge in [0.05, 0.1) is 6.54 Å². The fraction of sp³-hybridized carbons (Fsp3) is 0.667. The number of guanidine groups is 1. The van der Waals surface area contributed by atoms with Gasteiger partial charge in [0, 0.05) is 32.6 Å². The highest BCUT2D eigenvalue weighted by molar-refractivity contribution is 5.99. The molecular formula is C57H91N11O8. The van der Waals surface area contributed by atoms with Crippen molar-refractivity contribution in [3.05, 3.63) is 59.2 Å². The Morgan fingerprint density at radius 2 is 1.14 bits per heavy atom. The van der Waals surface area contributed by atoms with Gasteiger partial charge in [-0.05, 0) is 102 Å². The van der Waals surface area contributed by atoms with Gasteiger partial charge in [-0.2, -0.15) is 0 Å². The third-order valence-electron chi connectivity index (χ3n) is 14.3. The van der Waals surface area contributed by atoms with Gasteiger partial charge in [-0.1, -0.05) is 115 Å². The van der Waals surface area contributed by atoms with Crippen molar-refractivity contribution in [2.75, 3.05) is 32.7 Å². The summed E-state index contributed by atoms with van der Waals surface area (Å²) in [4.78, 5) is 124. The standard InChI is InChI=1S/C57H91N11O8/c1-13-39(12)48-54(74)65-47(38(10)11)53(73)63-43(32-36(6)7)55(75)68-31-19-24-45(68)56(76)67-30-18-23-44(67)51(71)61-41(22-17-27-58-57(59-28-25-34(2)3)60-29-26-35(4)5)49(69)64-46(37(8)9)52(72)62-42(50(70)66-48)33-40-20-15-14-16-21-40/h14-16,20-21,25-26,36-39,41-48H,13,17-19,22-24,27-33H2,1-12H3,(H,61,71)(H,62,72)(H,63,73)(H,64,69)(H,65,74)(H,66,70)(H2,58,59,60)/t39-,41-,42-,43-,44-,45-,46-,47-,48-/m0/s1. The van der Waals surface area contributed by atoms with Gasteiger partial charge in [0.25, 0.3) is 0 Å². The van der Waals surface area contributed by atoms with Crippen molar-refractivity contribution < 1.29 is 38.4 Å². The van der Waals surface area contributed by atoms with Gasteiger partial charge < -0.3 is 52.3 Å². The first-order chi connectivity index (χ1) is 36.0. The van der Waals surface area contributed by atoms with Crippen molar-refractivity contribution in [2.24, 2.45) is 28.7 Å². The minimum absolute atomic E-state index is 0.0390. The summed E-state index contributed by atoms with van der Waals surface area (Å²) in [5, 5.41) is 24.1. The lowest BCUT2D eigenvalue weighted by molar-refractivity contribution is -0.148. The van der Waals surface area contributed by atoms with Crippen LogP contribution in [-0.2, 0) is 44.8 Å². The maximum atomic E-state index is 14.7. The fourth-order valence-electron chi connectivity index (χ4n) is 9.67. The number of aliphatic imine (C=N–C) groups is 1. The van der Waals surface area contributed by atoms with E-state index < -0.39 is 107 Å². The summed E-state index contributed by atoms with van der Waals surface area (Å²) in [5.74, 6) is -5.33. The molecular weight excluding hydrogens is 967 g/mol. The molecule has 0 radical (unpaired) electrons. The molecule has 0 bridgehead atoms. The van der Waals surface area contributed by atoms with E-state index in [1.165, 1.54) is 9.80 Å². The highest BCUT2D eigenvalue weighted by atomic mass is 16.2. The number of benzene rings is 1. The summed E-state index contributed by atoms with van der Waals surface area (Å²) in [6, 6.07) is 0.407. The van der Waals surface area contributed by atoms with Crippen LogP contribution in [0.2, 0.25) is 0 Å². The van der Waals surface area contributed by atoms with E-state index >= 15 is 0 Å². The van der Waals surface area contributed by atoms with Crippen LogP contribution in [0.15, 0.2) is 58.6 Å². The van der Waals surface area contributed by atoms with E-state index in [1.54, 1.807) is 34.6 Å². The molecule has 4 rings (SSSR count). The second-order valence-corrected chi connectivity index (χ2v) is 22.4. The second-order valence-electron chi connectivity index (χ2n) is 22.4. The predicted molar refractivity (Wildman–Crippen MR) is 296 cm³/mol. The van der Waals surface area contributed by atoms with Crippen LogP contribution in [0.5, 0.6) is 0 Å². The van der Waals surface area contributed by atoms with Crippen LogP contribution in [0, 0.1) is 23.7 Å². The number of carbonyl (C=O) groups is 8. The number of amides is 8. The summed E-state index contributed by atoms with van der Waals surface area (Å²) in [7, 11) is 0. The molecule has 1 aromatic carbocycles. The average molecular weight is 1060 g/mol. The quantitative estimate of drug-likeness (QED) is 0.0515. The van der Waals surface area contributed by atoms with E-state index in [9.17, 15) is 38.4 Å². The van der Waals surface area contributed by atoms with E-state index in [0.29, 0.717) is 64.1 Å². The number of fused-ring (bicyclic) bond motifs is 2.